The van der Waals surface area contributed by atoms with E-state index < -0.39 is 0 Å². The summed E-state index contributed by atoms with van der Waals surface area (Å²) < 4.78 is 5.42. The third-order valence-corrected chi connectivity index (χ3v) is 12.6. The molecular formula is C46H26S2. The molecule has 2 aromatic heterocycles. The number of benzene rings is 9. The first-order valence-electron chi connectivity index (χ1n) is 16.4. The van der Waals surface area contributed by atoms with Crippen LogP contribution in [0.5, 0.6) is 0 Å². The summed E-state index contributed by atoms with van der Waals surface area (Å²) >= 11 is 3.84. The van der Waals surface area contributed by atoms with Gasteiger partial charge in [0, 0.05) is 40.3 Å². The molecule has 0 amide bonds. The zero-order chi connectivity index (χ0) is 31.3. The molecule has 0 radical (unpaired) electrons. The average molecular weight is 643 g/mol. The van der Waals surface area contributed by atoms with Crippen LogP contribution in [0.15, 0.2) is 158 Å². The minimum Gasteiger partial charge on any atom is -0.135 e. The first kappa shape index (κ1) is 26.5. The van der Waals surface area contributed by atoms with Crippen molar-refractivity contribution in [1.29, 1.82) is 0 Å². The number of fused-ring (bicyclic) bond motifs is 12. The number of hydrogen-bond acceptors (Lipinski definition) is 2. The van der Waals surface area contributed by atoms with Gasteiger partial charge in [0.15, 0.2) is 0 Å². The van der Waals surface area contributed by atoms with Crippen molar-refractivity contribution in [3.8, 4) is 22.3 Å². The first-order valence-corrected chi connectivity index (χ1v) is 18.1. The fraction of sp³-hybridized carbons (Fsp3) is 0. The second kappa shape index (κ2) is 9.98. The molecular weight excluding hydrogens is 617 g/mol. The van der Waals surface area contributed by atoms with Gasteiger partial charge in [0.25, 0.3) is 0 Å². The minimum absolute atomic E-state index is 1.26. The molecule has 11 rings (SSSR count). The maximum absolute atomic E-state index is 2.48. The van der Waals surface area contributed by atoms with Gasteiger partial charge in [-0.15, -0.1) is 22.7 Å². The highest BCUT2D eigenvalue weighted by atomic mass is 32.1. The molecule has 0 aliphatic rings. The van der Waals surface area contributed by atoms with E-state index in [4.69, 9.17) is 0 Å². The zero-order valence-electron chi connectivity index (χ0n) is 25.8. The third-order valence-electron chi connectivity index (χ3n) is 10.2. The van der Waals surface area contributed by atoms with Crippen molar-refractivity contribution >= 4 is 106 Å². The predicted octanol–water partition coefficient (Wildman–Crippen LogP) is 14.4. The van der Waals surface area contributed by atoms with Gasteiger partial charge in [-0.1, -0.05) is 133 Å². The molecule has 0 N–H and O–H groups in total. The lowest BCUT2D eigenvalue weighted by molar-refractivity contribution is 1.69. The Kier molecular flexibility index (Phi) is 5.51. The second-order valence-corrected chi connectivity index (χ2v) is 14.9. The largest absolute Gasteiger partial charge is 0.135 e. The zero-order valence-corrected chi connectivity index (χ0v) is 27.5. The van der Waals surface area contributed by atoms with E-state index in [1.807, 2.05) is 22.7 Å². The van der Waals surface area contributed by atoms with Crippen LogP contribution in [0.4, 0.5) is 0 Å². The summed E-state index contributed by atoms with van der Waals surface area (Å²) in [6, 6.07) is 58.8. The van der Waals surface area contributed by atoms with Crippen LogP contribution in [0.2, 0.25) is 0 Å². The molecule has 222 valence electrons. The van der Waals surface area contributed by atoms with Crippen molar-refractivity contribution in [3.63, 3.8) is 0 Å². The summed E-state index contributed by atoms with van der Waals surface area (Å²) in [4.78, 5) is 0. The molecule has 9 aromatic carbocycles. The molecule has 0 saturated heterocycles. The van der Waals surface area contributed by atoms with E-state index in [0.717, 1.165) is 0 Å². The lowest BCUT2D eigenvalue weighted by Gasteiger charge is -2.19. The van der Waals surface area contributed by atoms with Gasteiger partial charge in [-0.3, -0.25) is 0 Å². The second-order valence-electron chi connectivity index (χ2n) is 12.8. The topological polar surface area (TPSA) is 0 Å². The quantitative estimate of drug-likeness (QED) is 0.165. The molecule has 48 heavy (non-hydrogen) atoms. The van der Waals surface area contributed by atoms with Crippen LogP contribution >= 0.6 is 22.7 Å². The maximum atomic E-state index is 2.48. The SMILES string of the molecule is c1ccc2c(-c3c4ccccc4c(-c4ccc5sc6ccc7sc8c9ccccc9ccc8c7c6c5c4)c4ccccc34)cccc2c1. The summed E-state index contributed by atoms with van der Waals surface area (Å²) in [6.45, 7) is 0. The monoisotopic (exact) mass is 642 g/mol. The molecule has 2 heteroatoms. The van der Waals surface area contributed by atoms with Crippen LogP contribution in [0.1, 0.15) is 0 Å². The summed E-state index contributed by atoms with van der Waals surface area (Å²) in [5, 5.41) is 15.8. The van der Waals surface area contributed by atoms with Crippen LogP contribution in [0, 0.1) is 0 Å². The lowest BCUT2D eigenvalue weighted by atomic mass is 9.84. The van der Waals surface area contributed by atoms with Crippen LogP contribution < -0.4 is 0 Å². The van der Waals surface area contributed by atoms with E-state index >= 15 is 0 Å². The highest BCUT2D eigenvalue weighted by Gasteiger charge is 2.20. The Morgan fingerprint density at radius 2 is 0.854 bits per heavy atom. The minimum atomic E-state index is 1.26. The molecule has 0 saturated carbocycles. The normalized spacial score (nSPS) is 12.2. The third kappa shape index (κ3) is 3.65. The van der Waals surface area contributed by atoms with E-state index in [2.05, 4.69) is 158 Å². The summed E-state index contributed by atoms with van der Waals surface area (Å²) in [5.41, 5.74) is 5.16. The van der Waals surface area contributed by atoms with Gasteiger partial charge < -0.3 is 0 Å². The Bertz CT molecular complexity index is 3060. The van der Waals surface area contributed by atoms with Gasteiger partial charge >= 0.3 is 0 Å². The average Bonchev–Trinajstić information content (AvgIpc) is 3.72. The number of thiophene rings is 2. The van der Waals surface area contributed by atoms with Crippen molar-refractivity contribution in [2.45, 2.75) is 0 Å². The van der Waals surface area contributed by atoms with Crippen molar-refractivity contribution in [2.24, 2.45) is 0 Å². The Morgan fingerprint density at radius 3 is 1.58 bits per heavy atom. The Balaban J connectivity index is 1.24. The standard InChI is InChI=1S/C46H26S2/c1-3-13-30-27(10-1)12-9-19-32(30)43-35-17-7-5-15-33(35)42(34-16-6-8-18-36(34)43)29-21-23-39-38(26-29)45-40(47-39)24-25-41-44(45)37-22-20-28-11-2-4-14-31(28)46(37)48-41/h1-26H. The lowest BCUT2D eigenvalue weighted by Crippen LogP contribution is -1.91. The first-order chi connectivity index (χ1) is 23.8. The molecule has 0 aliphatic heterocycles. The molecule has 11 aromatic rings. The highest BCUT2D eigenvalue weighted by Crippen LogP contribution is 2.49. The Labute approximate surface area is 284 Å². The van der Waals surface area contributed by atoms with E-state index in [0.29, 0.717) is 0 Å². The van der Waals surface area contributed by atoms with Gasteiger partial charge in [-0.05, 0) is 89.6 Å². The van der Waals surface area contributed by atoms with Crippen molar-refractivity contribution in [2.75, 3.05) is 0 Å². The Hall–Kier alpha value is -5.54. The summed E-state index contributed by atoms with van der Waals surface area (Å²) in [5.74, 6) is 0. The van der Waals surface area contributed by atoms with E-state index in [-0.39, 0.29) is 0 Å². The molecule has 0 bridgehead atoms. The van der Waals surface area contributed by atoms with Crippen LogP contribution in [0.25, 0.3) is 106 Å². The predicted molar refractivity (Wildman–Crippen MR) is 213 cm³/mol. The molecule has 0 atom stereocenters. The molecule has 0 fully saturated rings. The summed E-state index contributed by atoms with van der Waals surface area (Å²) in [6.07, 6.45) is 0. The number of rotatable bonds is 2. The molecule has 0 unspecified atom stereocenters. The fourth-order valence-electron chi connectivity index (χ4n) is 8.19. The van der Waals surface area contributed by atoms with E-state index in [1.165, 1.54) is 106 Å². The van der Waals surface area contributed by atoms with Crippen molar-refractivity contribution in [3.05, 3.63) is 158 Å². The maximum Gasteiger partial charge on any atom is 0.0434 e. The number of hydrogen-bond donors (Lipinski definition) is 0. The van der Waals surface area contributed by atoms with Crippen LogP contribution in [-0.4, -0.2) is 0 Å². The van der Waals surface area contributed by atoms with Crippen molar-refractivity contribution < 1.29 is 0 Å². The molecule has 0 aliphatic carbocycles. The van der Waals surface area contributed by atoms with Gasteiger partial charge in [-0.2, -0.15) is 0 Å². The van der Waals surface area contributed by atoms with Gasteiger partial charge in [0.1, 0.15) is 0 Å². The van der Waals surface area contributed by atoms with Crippen molar-refractivity contribution in [1.82, 2.24) is 0 Å². The van der Waals surface area contributed by atoms with Crippen LogP contribution in [0.3, 0.4) is 0 Å². The van der Waals surface area contributed by atoms with Gasteiger partial charge in [-0.25, -0.2) is 0 Å². The van der Waals surface area contributed by atoms with Gasteiger partial charge in [0.05, 0.1) is 0 Å². The fourth-order valence-corrected chi connectivity index (χ4v) is 10.5. The Morgan fingerprint density at radius 1 is 0.312 bits per heavy atom. The smallest absolute Gasteiger partial charge is 0.0434 e. The molecule has 2 heterocycles. The highest BCUT2D eigenvalue weighted by molar-refractivity contribution is 7.28. The molecule has 0 nitrogen and oxygen atoms in total. The van der Waals surface area contributed by atoms with Gasteiger partial charge in [0.2, 0.25) is 0 Å². The van der Waals surface area contributed by atoms with E-state index in [9.17, 15) is 0 Å². The summed E-state index contributed by atoms with van der Waals surface area (Å²) in [7, 11) is 0. The van der Waals surface area contributed by atoms with E-state index in [1.54, 1.807) is 0 Å². The van der Waals surface area contributed by atoms with Crippen LogP contribution in [-0.2, 0) is 0 Å². The molecule has 0 spiro atoms.